The van der Waals surface area contributed by atoms with Crippen LogP contribution in [0.4, 0.5) is 0 Å². The van der Waals surface area contributed by atoms with Crippen molar-refractivity contribution in [3.05, 3.63) is 0 Å². The molecule has 2 aliphatic rings. The van der Waals surface area contributed by atoms with E-state index < -0.39 is 0 Å². The van der Waals surface area contributed by atoms with Gasteiger partial charge in [-0.15, -0.1) is 0 Å². The molecule has 0 aliphatic carbocycles. The van der Waals surface area contributed by atoms with Crippen molar-refractivity contribution < 1.29 is 9.59 Å². The first kappa shape index (κ1) is 8.00. The number of amides is 2. The Morgan fingerprint density at radius 1 is 0.917 bits per heavy atom. The number of carbonyl (C=O) groups is 2. The number of thioether (sulfide) groups is 2. The molecular weight excluding hydrogens is 196 g/mol. The molecule has 0 aromatic carbocycles. The molecule has 2 amide bonds. The maximum absolute atomic E-state index is 10.7. The monoisotopic (exact) mass is 200 g/mol. The van der Waals surface area contributed by atoms with Crippen LogP contribution in [0.3, 0.4) is 0 Å². The van der Waals surface area contributed by atoms with E-state index in [2.05, 4.69) is 9.98 Å². The second-order valence-electron chi connectivity index (χ2n) is 2.20. The molecule has 6 heteroatoms. The Morgan fingerprint density at radius 2 is 1.33 bits per heavy atom. The zero-order valence-electron chi connectivity index (χ0n) is 5.94. The lowest BCUT2D eigenvalue weighted by molar-refractivity contribution is -0.116. The summed E-state index contributed by atoms with van der Waals surface area (Å²) >= 11 is 2.69. The molecule has 0 N–H and O–H groups in total. The molecule has 0 aromatic rings. The third kappa shape index (κ3) is 1.44. The fourth-order valence-electron chi connectivity index (χ4n) is 0.835. The second-order valence-corrected chi connectivity index (χ2v) is 4.13. The van der Waals surface area contributed by atoms with Crippen LogP contribution in [0.15, 0.2) is 9.98 Å². The summed E-state index contributed by atoms with van der Waals surface area (Å²) in [5.74, 6) is 0.474. The van der Waals surface area contributed by atoms with E-state index in [9.17, 15) is 9.59 Å². The maximum atomic E-state index is 10.7. The largest absolute Gasteiger partial charge is 0.272 e. The van der Waals surface area contributed by atoms with E-state index in [0.29, 0.717) is 21.6 Å². The van der Waals surface area contributed by atoms with Crippen molar-refractivity contribution >= 4 is 45.4 Å². The summed E-state index contributed by atoms with van der Waals surface area (Å²) in [5, 5.41) is 1.21. The van der Waals surface area contributed by atoms with E-state index in [1.54, 1.807) is 0 Å². The van der Waals surface area contributed by atoms with Gasteiger partial charge in [0.05, 0.1) is 11.5 Å². The molecular formula is C6H4N2O2S2. The highest BCUT2D eigenvalue weighted by Gasteiger charge is 2.25. The van der Waals surface area contributed by atoms with E-state index in [1.165, 1.54) is 23.5 Å². The van der Waals surface area contributed by atoms with E-state index >= 15 is 0 Å². The lowest BCUT2D eigenvalue weighted by Gasteiger charge is -1.92. The minimum atomic E-state index is -0.141. The van der Waals surface area contributed by atoms with Crippen molar-refractivity contribution in [2.75, 3.05) is 11.5 Å². The van der Waals surface area contributed by atoms with Crippen LogP contribution in [0.25, 0.3) is 0 Å². The topological polar surface area (TPSA) is 58.9 Å². The quantitative estimate of drug-likeness (QED) is 0.612. The van der Waals surface area contributed by atoms with Gasteiger partial charge < -0.3 is 0 Å². The zero-order valence-corrected chi connectivity index (χ0v) is 7.57. The van der Waals surface area contributed by atoms with Crippen molar-refractivity contribution in [2.45, 2.75) is 0 Å². The molecule has 0 bridgehead atoms. The van der Waals surface area contributed by atoms with Gasteiger partial charge in [-0.3, -0.25) is 9.59 Å². The van der Waals surface area contributed by atoms with Crippen LogP contribution in [-0.2, 0) is 9.59 Å². The van der Waals surface area contributed by atoms with Gasteiger partial charge in [0.25, 0.3) is 11.8 Å². The molecule has 0 fully saturated rings. The van der Waals surface area contributed by atoms with Crippen molar-refractivity contribution in [1.82, 2.24) is 0 Å². The average molecular weight is 200 g/mol. The predicted molar refractivity (Wildman–Crippen MR) is 49.8 cm³/mol. The van der Waals surface area contributed by atoms with Crippen LogP contribution in [0.5, 0.6) is 0 Å². The number of nitrogens with zero attached hydrogens (tertiary/aromatic N) is 2. The summed E-state index contributed by atoms with van der Waals surface area (Å²) in [4.78, 5) is 29.0. The van der Waals surface area contributed by atoms with Crippen LogP contribution < -0.4 is 0 Å². The fraction of sp³-hybridized carbons (Fsp3) is 0.333. The molecule has 4 nitrogen and oxygen atoms in total. The lowest BCUT2D eigenvalue weighted by atomic mass is 10.7. The first-order valence-electron chi connectivity index (χ1n) is 3.25. The summed E-state index contributed by atoms with van der Waals surface area (Å²) in [6.45, 7) is 0. The Hall–Kier alpha value is -0.620. The van der Waals surface area contributed by atoms with Crippen LogP contribution in [0.1, 0.15) is 0 Å². The molecule has 0 spiro atoms. The van der Waals surface area contributed by atoms with Gasteiger partial charge in [-0.05, 0) is 0 Å². The van der Waals surface area contributed by atoms with E-state index in [4.69, 9.17) is 0 Å². The predicted octanol–water partition coefficient (Wildman–Crippen LogP) is 0.330. The molecule has 0 aromatic heterocycles. The minimum absolute atomic E-state index is 0.141. The molecule has 0 atom stereocenters. The highest BCUT2D eigenvalue weighted by Crippen LogP contribution is 2.23. The summed E-state index contributed by atoms with van der Waals surface area (Å²) in [6, 6.07) is 0. The minimum Gasteiger partial charge on any atom is -0.272 e. The lowest BCUT2D eigenvalue weighted by Crippen LogP contribution is -2.00. The van der Waals surface area contributed by atoms with Gasteiger partial charge in [0.2, 0.25) is 0 Å². The number of carbonyl (C=O) groups excluding carboxylic acids is 2. The van der Waals surface area contributed by atoms with Gasteiger partial charge in [0.15, 0.2) is 0 Å². The normalized spacial score (nSPS) is 23.0. The van der Waals surface area contributed by atoms with Crippen molar-refractivity contribution in [3.63, 3.8) is 0 Å². The Bertz CT molecular complexity index is 290. The van der Waals surface area contributed by atoms with Gasteiger partial charge in [0.1, 0.15) is 10.1 Å². The average Bonchev–Trinajstić information content (AvgIpc) is 2.58. The highest BCUT2D eigenvalue weighted by atomic mass is 32.2. The molecule has 2 rings (SSSR count). The van der Waals surface area contributed by atoms with E-state index in [-0.39, 0.29) is 11.8 Å². The van der Waals surface area contributed by atoms with Crippen molar-refractivity contribution in [1.29, 1.82) is 0 Å². The van der Waals surface area contributed by atoms with Crippen LogP contribution in [-0.4, -0.2) is 33.4 Å². The zero-order chi connectivity index (χ0) is 8.55. The third-order valence-electron chi connectivity index (χ3n) is 1.30. The molecule has 0 saturated carbocycles. The summed E-state index contributed by atoms with van der Waals surface area (Å²) in [7, 11) is 0. The smallest absolute Gasteiger partial charge is 0.257 e. The first-order valence-corrected chi connectivity index (χ1v) is 5.22. The Kier molecular flexibility index (Phi) is 2.02. The number of aliphatic imine (C=N–C) groups is 2. The van der Waals surface area contributed by atoms with Gasteiger partial charge in [-0.25, -0.2) is 9.98 Å². The SMILES string of the molecule is O=C1CSC(C2=NC(=O)CS2)=N1. The second kappa shape index (κ2) is 3.02. The molecule has 0 unspecified atom stereocenters. The van der Waals surface area contributed by atoms with E-state index in [1.807, 2.05) is 0 Å². The van der Waals surface area contributed by atoms with Crippen molar-refractivity contribution in [3.8, 4) is 0 Å². The summed E-state index contributed by atoms with van der Waals surface area (Å²) in [5.41, 5.74) is 0. The number of hydrogen-bond acceptors (Lipinski definition) is 4. The Labute approximate surface area is 76.9 Å². The Morgan fingerprint density at radius 3 is 1.58 bits per heavy atom. The van der Waals surface area contributed by atoms with Crippen LogP contribution in [0, 0.1) is 0 Å². The first-order chi connectivity index (χ1) is 5.75. The maximum Gasteiger partial charge on any atom is 0.257 e. The fourth-order valence-corrected chi connectivity index (χ4v) is 2.51. The van der Waals surface area contributed by atoms with Gasteiger partial charge in [-0.2, -0.15) is 0 Å². The van der Waals surface area contributed by atoms with Gasteiger partial charge >= 0.3 is 0 Å². The molecule has 12 heavy (non-hydrogen) atoms. The van der Waals surface area contributed by atoms with Crippen LogP contribution >= 0.6 is 23.5 Å². The third-order valence-corrected chi connectivity index (χ3v) is 3.33. The molecule has 62 valence electrons. The Balaban J connectivity index is 2.21. The van der Waals surface area contributed by atoms with E-state index in [0.717, 1.165) is 0 Å². The molecule has 2 aliphatic heterocycles. The van der Waals surface area contributed by atoms with Crippen molar-refractivity contribution in [2.24, 2.45) is 9.98 Å². The van der Waals surface area contributed by atoms with Gasteiger partial charge in [-0.1, -0.05) is 23.5 Å². The van der Waals surface area contributed by atoms with Crippen LogP contribution in [0.2, 0.25) is 0 Å². The highest BCUT2D eigenvalue weighted by molar-refractivity contribution is 8.26. The number of rotatable bonds is 1. The molecule has 2 heterocycles. The number of hydrogen-bond donors (Lipinski definition) is 0. The summed E-state index contributed by atoms with van der Waals surface area (Å²) in [6.07, 6.45) is 0. The summed E-state index contributed by atoms with van der Waals surface area (Å²) < 4.78 is 0. The standard InChI is InChI=1S/C6H4N2O2S2/c9-3-1-11-5(7-3)6-8-4(10)2-12-6/h1-2H2. The molecule has 0 radical (unpaired) electrons. The van der Waals surface area contributed by atoms with Gasteiger partial charge in [0, 0.05) is 0 Å². The molecule has 0 saturated heterocycles.